The first-order valence-corrected chi connectivity index (χ1v) is 8.01. The fourth-order valence-corrected chi connectivity index (χ4v) is 4.17. The van der Waals surface area contributed by atoms with Gasteiger partial charge in [0.1, 0.15) is 0 Å². The highest BCUT2D eigenvalue weighted by atomic mass is 16.4. The van der Waals surface area contributed by atoms with Gasteiger partial charge >= 0.3 is 5.97 Å². The van der Waals surface area contributed by atoms with Crippen LogP contribution in [0.15, 0.2) is 0 Å². The van der Waals surface area contributed by atoms with Crippen molar-refractivity contribution in [2.24, 2.45) is 17.3 Å². The molecule has 0 aromatic carbocycles. The van der Waals surface area contributed by atoms with E-state index in [-0.39, 0.29) is 0 Å². The molecule has 1 aliphatic carbocycles. The zero-order valence-corrected chi connectivity index (χ0v) is 12.5. The van der Waals surface area contributed by atoms with E-state index in [4.69, 9.17) is 0 Å². The predicted octanol–water partition coefficient (Wildman–Crippen LogP) is 3.39. The Morgan fingerprint density at radius 3 is 2.84 bits per heavy atom. The molecule has 1 N–H and O–H groups in total. The maximum absolute atomic E-state index is 11.6. The van der Waals surface area contributed by atoms with Crippen molar-refractivity contribution in [1.82, 2.24) is 4.90 Å². The summed E-state index contributed by atoms with van der Waals surface area (Å²) in [5, 5.41) is 9.53. The van der Waals surface area contributed by atoms with Crippen LogP contribution in [0.4, 0.5) is 0 Å². The highest BCUT2D eigenvalue weighted by molar-refractivity contribution is 5.75. The maximum atomic E-state index is 11.6. The Kier molecular flexibility index (Phi) is 4.88. The summed E-state index contributed by atoms with van der Waals surface area (Å²) in [4.78, 5) is 14.0. The summed E-state index contributed by atoms with van der Waals surface area (Å²) in [6, 6.07) is 0. The van der Waals surface area contributed by atoms with Gasteiger partial charge in [0.25, 0.3) is 0 Å². The molecule has 0 radical (unpaired) electrons. The monoisotopic (exact) mass is 267 g/mol. The number of carboxylic acids is 1. The standard InChI is InChI=1S/C16H29NO2/c1-3-7-16(15(18)19)8-9-17(12-16)11-14-6-4-5-13(2)10-14/h13-14H,3-12H2,1-2H3,(H,18,19). The molecule has 1 saturated heterocycles. The molecule has 3 nitrogen and oxygen atoms in total. The number of hydrogen-bond acceptors (Lipinski definition) is 2. The van der Waals surface area contributed by atoms with Crippen molar-refractivity contribution in [3.63, 3.8) is 0 Å². The zero-order chi connectivity index (χ0) is 13.9. The van der Waals surface area contributed by atoms with Crippen LogP contribution in [0.3, 0.4) is 0 Å². The Bertz CT molecular complexity index is 318. The second kappa shape index (κ2) is 6.25. The van der Waals surface area contributed by atoms with E-state index >= 15 is 0 Å². The van der Waals surface area contributed by atoms with E-state index in [1.54, 1.807) is 0 Å². The first-order chi connectivity index (χ1) is 9.05. The molecular formula is C16H29NO2. The van der Waals surface area contributed by atoms with Gasteiger partial charge in [-0.05, 0) is 44.1 Å². The van der Waals surface area contributed by atoms with Crippen LogP contribution in [0, 0.1) is 17.3 Å². The minimum atomic E-state index is -0.575. The SMILES string of the molecule is CCCC1(C(=O)O)CCN(CC2CCCC(C)C2)C1. The molecule has 1 saturated carbocycles. The molecule has 2 fully saturated rings. The molecule has 0 bridgehead atoms. The van der Waals surface area contributed by atoms with Gasteiger partial charge in [0, 0.05) is 13.1 Å². The normalized spacial score (nSPS) is 36.5. The van der Waals surface area contributed by atoms with Gasteiger partial charge < -0.3 is 10.0 Å². The van der Waals surface area contributed by atoms with Crippen LogP contribution in [-0.4, -0.2) is 35.6 Å². The fraction of sp³-hybridized carbons (Fsp3) is 0.938. The van der Waals surface area contributed by atoms with Crippen molar-refractivity contribution in [3.05, 3.63) is 0 Å². The first kappa shape index (κ1) is 14.8. The third-order valence-corrected chi connectivity index (χ3v) is 5.18. The first-order valence-electron chi connectivity index (χ1n) is 8.01. The van der Waals surface area contributed by atoms with Gasteiger partial charge in [-0.25, -0.2) is 0 Å². The zero-order valence-electron chi connectivity index (χ0n) is 12.5. The van der Waals surface area contributed by atoms with Gasteiger partial charge in [-0.3, -0.25) is 4.79 Å². The van der Waals surface area contributed by atoms with Crippen LogP contribution in [-0.2, 0) is 4.79 Å². The molecule has 2 aliphatic rings. The molecule has 0 spiro atoms. The molecule has 19 heavy (non-hydrogen) atoms. The lowest BCUT2D eigenvalue weighted by molar-refractivity contribution is -0.148. The Labute approximate surface area is 117 Å². The number of aliphatic carboxylic acids is 1. The predicted molar refractivity (Wildman–Crippen MR) is 77.2 cm³/mol. The summed E-state index contributed by atoms with van der Waals surface area (Å²) in [5.41, 5.74) is -0.449. The summed E-state index contributed by atoms with van der Waals surface area (Å²) >= 11 is 0. The average Bonchev–Trinajstić information content (AvgIpc) is 2.74. The number of carbonyl (C=O) groups is 1. The quantitative estimate of drug-likeness (QED) is 0.830. The summed E-state index contributed by atoms with van der Waals surface area (Å²) in [7, 11) is 0. The molecule has 1 heterocycles. The van der Waals surface area contributed by atoms with Crippen molar-refractivity contribution in [2.75, 3.05) is 19.6 Å². The number of rotatable bonds is 5. The van der Waals surface area contributed by atoms with Gasteiger partial charge in [-0.15, -0.1) is 0 Å². The van der Waals surface area contributed by atoms with E-state index in [0.717, 1.165) is 50.7 Å². The number of carboxylic acid groups (broad SMARTS) is 1. The molecule has 1 aliphatic heterocycles. The van der Waals surface area contributed by atoms with Crippen LogP contribution in [0.1, 0.15) is 58.8 Å². The van der Waals surface area contributed by atoms with Gasteiger partial charge in [-0.2, -0.15) is 0 Å². The molecule has 0 aromatic heterocycles. The Morgan fingerprint density at radius 2 is 2.21 bits per heavy atom. The van der Waals surface area contributed by atoms with E-state index in [1.165, 1.54) is 25.7 Å². The molecule has 0 aromatic rings. The third kappa shape index (κ3) is 3.50. The summed E-state index contributed by atoms with van der Waals surface area (Å²) in [5.74, 6) is 1.09. The van der Waals surface area contributed by atoms with E-state index < -0.39 is 11.4 Å². The van der Waals surface area contributed by atoms with Crippen molar-refractivity contribution in [3.8, 4) is 0 Å². The third-order valence-electron chi connectivity index (χ3n) is 5.18. The van der Waals surface area contributed by atoms with E-state index in [1.807, 2.05) is 0 Å². The van der Waals surface area contributed by atoms with Crippen molar-refractivity contribution in [2.45, 2.75) is 58.8 Å². The largest absolute Gasteiger partial charge is 0.481 e. The van der Waals surface area contributed by atoms with Crippen LogP contribution in [0.5, 0.6) is 0 Å². The summed E-state index contributed by atoms with van der Waals surface area (Å²) in [6.07, 6.45) is 8.07. The highest BCUT2D eigenvalue weighted by Crippen LogP contribution is 2.37. The smallest absolute Gasteiger partial charge is 0.310 e. The molecule has 0 amide bonds. The van der Waals surface area contributed by atoms with E-state index in [0.29, 0.717) is 0 Å². The Hall–Kier alpha value is -0.570. The second-order valence-corrected chi connectivity index (χ2v) is 6.96. The second-order valence-electron chi connectivity index (χ2n) is 6.96. The van der Waals surface area contributed by atoms with Crippen LogP contribution < -0.4 is 0 Å². The summed E-state index contributed by atoms with van der Waals surface area (Å²) < 4.78 is 0. The van der Waals surface area contributed by atoms with E-state index in [9.17, 15) is 9.90 Å². The van der Waals surface area contributed by atoms with E-state index in [2.05, 4.69) is 18.7 Å². The van der Waals surface area contributed by atoms with Gasteiger partial charge in [0.2, 0.25) is 0 Å². The van der Waals surface area contributed by atoms with Gasteiger partial charge in [0.05, 0.1) is 5.41 Å². The molecular weight excluding hydrogens is 238 g/mol. The van der Waals surface area contributed by atoms with Crippen molar-refractivity contribution < 1.29 is 9.90 Å². The lowest BCUT2D eigenvalue weighted by atomic mass is 9.81. The van der Waals surface area contributed by atoms with Crippen molar-refractivity contribution in [1.29, 1.82) is 0 Å². The van der Waals surface area contributed by atoms with Crippen molar-refractivity contribution >= 4 is 5.97 Å². The fourth-order valence-electron chi connectivity index (χ4n) is 4.17. The van der Waals surface area contributed by atoms with Gasteiger partial charge in [0.15, 0.2) is 0 Å². The minimum absolute atomic E-state index is 0.449. The highest BCUT2D eigenvalue weighted by Gasteiger charge is 2.44. The summed E-state index contributed by atoms with van der Waals surface area (Å²) in [6.45, 7) is 7.34. The lowest BCUT2D eigenvalue weighted by Gasteiger charge is -2.31. The number of likely N-dealkylation sites (tertiary alicyclic amines) is 1. The minimum Gasteiger partial charge on any atom is -0.481 e. The molecule has 2 rings (SSSR count). The molecule has 3 atom stereocenters. The molecule has 3 unspecified atom stereocenters. The topological polar surface area (TPSA) is 40.5 Å². The number of nitrogens with zero attached hydrogens (tertiary/aromatic N) is 1. The Balaban J connectivity index is 1.88. The van der Waals surface area contributed by atoms with Crippen LogP contribution >= 0.6 is 0 Å². The van der Waals surface area contributed by atoms with Crippen LogP contribution in [0.2, 0.25) is 0 Å². The van der Waals surface area contributed by atoms with Gasteiger partial charge in [-0.1, -0.05) is 33.1 Å². The Morgan fingerprint density at radius 1 is 1.42 bits per heavy atom. The maximum Gasteiger partial charge on any atom is 0.310 e. The average molecular weight is 267 g/mol. The number of hydrogen-bond donors (Lipinski definition) is 1. The van der Waals surface area contributed by atoms with Crippen LogP contribution in [0.25, 0.3) is 0 Å². The lowest BCUT2D eigenvalue weighted by Crippen LogP contribution is -2.36. The molecule has 110 valence electrons. The molecule has 3 heteroatoms.